The van der Waals surface area contributed by atoms with Gasteiger partial charge in [-0.3, -0.25) is 9.59 Å². The number of fused-ring (bicyclic) bond motifs is 2. The molecule has 0 aliphatic rings. The SMILES string of the molecule is CCCC(=O)OCCOc1c2ccc(C)cc2c(OCCOC(=O)CCC)c2ccc(C)cc12. The highest BCUT2D eigenvalue weighted by molar-refractivity contribution is 6.11. The van der Waals surface area contributed by atoms with Gasteiger partial charge in [0.2, 0.25) is 0 Å². The van der Waals surface area contributed by atoms with Crippen molar-refractivity contribution in [1.82, 2.24) is 0 Å². The Balaban J connectivity index is 1.92. The summed E-state index contributed by atoms with van der Waals surface area (Å²) in [6, 6.07) is 12.3. The van der Waals surface area contributed by atoms with Gasteiger partial charge in [-0.25, -0.2) is 0 Å². The zero-order valence-electron chi connectivity index (χ0n) is 20.6. The fourth-order valence-electron chi connectivity index (χ4n) is 3.84. The van der Waals surface area contributed by atoms with Crippen molar-refractivity contribution in [3.8, 4) is 11.5 Å². The molecule has 3 aromatic rings. The molecule has 0 radical (unpaired) electrons. The molecule has 0 unspecified atom stereocenters. The predicted molar refractivity (Wildman–Crippen MR) is 134 cm³/mol. The lowest BCUT2D eigenvalue weighted by atomic mass is 9.98. The minimum Gasteiger partial charge on any atom is -0.489 e. The Hall–Kier alpha value is -3.28. The van der Waals surface area contributed by atoms with Crippen molar-refractivity contribution < 1.29 is 28.5 Å². The van der Waals surface area contributed by atoms with Gasteiger partial charge in [0.1, 0.15) is 37.9 Å². The summed E-state index contributed by atoms with van der Waals surface area (Å²) in [7, 11) is 0. The molecule has 0 bridgehead atoms. The fourth-order valence-corrected chi connectivity index (χ4v) is 3.84. The minimum atomic E-state index is -0.212. The zero-order chi connectivity index (χ0) is 24.5. The van der Waals surface area contributed by atoms with Crippen LogP contribution in [-0.4, -0.2) is 38.4 Å². The molecule has 0 heterocycles. The maximum Gasteiger partial charge on any atom is 0.305 e. The fraction of sp³-hybridized carbons (Fsp3) is 0.429. The van der Waals surface area contributed by atoms with Crippen LogP contribution in [0.5, 0.6) is 11.5 Å². The second kappa shape index (κ2) is 12.3. The first-order valence-corrected chi connectivity index (χ1v) is 12.0. The van der Waals surface area contributed by atoms with E-state index in [4.69, 9.17) is 18.9 Å². The van der Waals surface area contributed by atoms with E-state index in [1.165, 1.54) is 0 Å². The smallest absolute Gasteiger partial charge is 0.305 e. The van der Waals surface area contributed by atoms with Crippen molar-refractivity contribution in [3.05, 3.63) is 47.5 Å². The molecule has 0 N–H and O–H groups in total. The number of hydrogen-bond acceptors (Lipinski definition) is 6. The van der Waals surface area contributed by atoms with Crippen LogP contribution in [0.3, 0.4) is 0 Å². The van der Waals surface area contributed by atoms with E-state index in [1.807, 2.05) is 52.0 Å². The first-order valence-electron chi connectivity index (χ1n) is 12.0. The van der Waals surface area contributed by atoms with Crippen molar-refractivity contribution in [1.29, 1.82) is 0 Å². The third-order valence-corrected chi connectivity index (χ3v) is 5.42. The number of benzene rings is 3. The summed E-state index contributed by atoms with van der Waals surface area (Å²) in [6.45, 7) is 8.86. The van der Waals surface area contributed by atoms with E-state index in [0.717, 1.165) is 57.0 Å². The van der Waals surface area contributed by atoms with Crippen molar-refractivity contribution in [2.24, 2.45) is 0 Å². The third kappa shape index (κ3) is 6.40. The van der Waals surface area contributed by atoms with Crippen molar-refractivity contribution in [3.63, 3.8) is 0 Å². The Morgan fingerprint density at radius 3 is 1.41 bits per heavy atom. The van der Waals surface area contributed by atoms with Crippen LogP contribution in [0.2, 0.25) is 0 Å². The number of rotatable bonds is 12. The molecule has 0 amide bonds. The quantitative estimate of drug-likeness (QED) is 0.184. The molecule has 0 fully saturated rings. The second-order valence-corrected chi connectivity index (χ2v) is 8.39. The maximum atomic E-state index is 11.7. The van der Waals surface area contributed by atoms with E-state index in [1.54, 1.807) is 0 Å². The summed E-state index contributed by atoms with van der Waals surface area (Å²) in [5.74, 6) is 1.05. The van der Waals surface area contributed by atoms with Crippen LogP contribution in [0.15, 0.2) is 36.4 Å². The molecule has 0 aliphatic heterocycles. The summed E-state index contributed by atoms with van der Waals surface area (Å²) in [5.41, 5.74) is 2.19. The molecule has 0 atom stereocenters. The summed E-state index contributed by atoms with van der Waals surface area (Å²) >= 11 is 0. The lowest BCUT2D eigenvalue weighted by Gasteiger charge is -2.19. The van der Waals surface area contributed by atoms with Gasteiger partial charge in [0.15, 0.2) is 0 Å². The highest BCUT2D eigenvalue weighted by Gasteiger charge is 2.17. The van der Waals surface area contributed by atoms with Gasteiger partial charge < -0.3 is 18.9 Å². The lowest BCUT2D eigenvalue weighted by molar-refractivity contribution is -0.145. The predicted octanol–water partition coefficient (Wildman–Crippen LogP) is 6.05. The van der Waals surface area contributed by atoms with Crippen molar-refractivity contribution in [2.45, 2.75) is 53.4 Å². The summed E-state index contributed by atoms with van der Waals surface area (Å²) in [4.78, 5) is 23.4. The van der Waals surface area contributed by atoms with E-state index in [9.17, 15) is 9.59 Å². The topological polar surface area (TPSA) is 71.1 Å². The van der Waals surface area contributed by atoms with Crippen LogP contribution in [0, 0.1) is 13.8 Å². The molecule has 6 nitrogen and oxygen atoms in total. The number of esters is 2. The Morgan fingerprint density at radius 2 is 1.03 bits per heavy atom. The first-order chi connectivity index (χ1) is 16.4. The molecule has 6 heteroatoms. The van der Waals surface area contributed by atoms with Gasteiger partial charge in [-0.2, -0.15) is 0 Å². The summed E-state index contributed by atoms with van der Waals surface area (Å²) < 4.78 is 22.9. The molecule has 0 saturated carbocycles. The van der Waals surface area contributed by atoms with Crippen LogP contribution in [-0.2, 0) is 19.1 Å². The van der Waals surface area contributed by atoms with Gasteiger partial charge in [-0.15, -0.1) is 0 Å². The van der Waals surface area contributed by atoms with Gasteiger partial charge in [-0.05, 0) is 38.8 Å². The summed E-state index contributed by atoms with van der Waals surface area (Å²) in [5, 5.41) is 3.69. The number of carbonyl (C=O) groups excluding carboxylic acids is 2. The summed E-state index contributed by atoms with van der Waals surface area (Å²) in [6.07, 6.45) is 2.33. The molecular formula is C28H34O6. The normalized spacial score (nSPS) is 10.9. The van der Waals surface area contributed by atoms with Gasteiger partial charge in [0, 0.05) is 34.4 Å². The van der Waals surface area contributed by atoms with Crippen LogP contribution in [0.25, 0.3) is 21.5 Å². The molecule has 3 aromatic carbocycles. The molecule has 0 aromatic heterocycles. The molecule has 0 saturated heterocycles. The van der Waals surface area contributed by atoms with E-state index in [2.05, 4.69) is 12.1 Å². The molecular weight excluding hydrogens is 432 g/mol. The van der Waals surface area contributed by atoms with Crippen LogP contribution in [0.4, 0.5) is 0 Å². The number of carbonyl (C=O) groups is 2. The van der Waals surface area contributed by atoms with Gasteiger partial charge in [0.25, 0.3) is 0 Å². The molecule has 0 aliphatic carbocycles. The maximum absolute atomic E-state index is 11.7. The largest absolute Gasteiger partial charge is 0.489 e. The highest BCUT2D eigenvalue weighted by atomic mass is 16.6. The third-order valence-electron chi connectivity index (χ3n) is 5.42. The van der Waals surface area contributed by atoms with Gasteiger partial charge >= 0.3 is 11.9 Å². The van der Waals surface area contributed by atoms with Crippen LogP contribution >= 0.6 is 0 Å². The Kier molecular flexibility index (Phi) is 9.14. The molecule has 0 spiro atoms. The Bertz CT molecular complexity index is 1060. The number of ether oxygens (including phenoxy) is 4. The second-order valence-electron chi connectivity index (χ2n) is 8.39. The van der Waals surface area contributed by atoms with Crippen molar-refractivity contribution >= 4 is 33.5 Å². The Morgan fingerprint density at radius 1 is 0.618 bits per heavy atom. The van der Waals surface area contributed by atoms with E-state index in [0.29, 0.717) is 12.8 Å². The molecule has 34 heavy (non-hydrogen) atoms. The van der Waals surface area contributed by atoms with E-state index in [-0.39, 0.29) is 38.4 Å². The number of hydrogen-bond donors (Lipinski definition) is 0. The monoisotopic (exact) mass is 466 g/mol. The molecule has 3 rings (SSSR count). The Labute approximate surface area is 201 Å². The standard InChI is InChI=1S/C28H34O6/c1-5-7-25(29)31-13-15-33-27-21-11-9-20(4)18-24(21)28(22-12-10-19(3)17-23(22)27)34-16-14-32-26(30)8-6-2/h9-12,17-18H,5-8,13-16H2,1-4H3. The average molecular weight is 467 g/mol. The lowest BCUT2D eigenvalue weighted by Crippen LogP contribution is -2.13. The minimum absolute atomic E-state index is 0.195. The average Bonchev–Trinajstić information content (AvgIpc) is 2.80. The van der Waals surface area contributed by atoms with E-state index >= 15 is 0 Å². The van der Waals surface area contributed by atoms with Gasteiger partial charge in [-0.1, -0.05) is 49.2 Å². The number of aryl methyl sites for hydroxylation is 2. The first kappa shape index (κ1) is 25.3. The van der Waals surface area contributed by atoms with Gasteiger partial charge in [0.05, 0.1) is 0 Å². The zero-order valence-corrected chi connectivity index (χ0v) is 20.6. The van der Waals surface area contributed by atoms with Crippen LogP contribution < -0.4 is 9.47 Å². The highest BCUT2D eigenvalue weighted by Crippen LogP contribution is 2.43. The van der Waals surface area contributed by atoms with E-state index < -0.39 is 0 Å². The van der Waals surface area contributed by atoms with Crippen LogP contribution in [0.1, 0.15) is 50.7 Å². The molecule has 182 valence electrons. The van der Waals surface area contributed by atoms with Crippen molar-refractivity contribution in [2.75, 3.05) is 26.4 Å².